The van der Waals surface area contributed by atoms with Crippen molar-refractivity contribution in [2.75, 3.05) is 0 Å². The number of benzene rings is 1. The van der Waals surface area contributed by atoms with E-state index in [1.807, 2.05) is 45.2 Å². The number of rotatable bonds is 5. The van der Waals surface area contributed by atoms with Crippen LogP contribution in [0.1, 0.15) is 59.0 Å². The van der Waals surface area contributed by atoms with Gasteiger partial charge in [-0.25, -0.2) is 9.78 Å². The molecule has 1 atom stereocenters. The smallest absolute Gasteiger partial charge is 0.408 e. The van der Waals surface area contributed by atoms with Crippen LogP contribution in [0.3, 0.4) is 0 Å². The van der Waals surface area contributed by atoms with Gasteiger partial charge in [0.25, 0.3) is 0 Å². The molecule has 0 spiro atoms. The monoisotopic (exact) mass is 421 g/mol. The molecule has 0 aliphatic carbocycles. The van der Waals surface area contributed by atoms with Gasteiger partial charge in [0.05, 0.1) is 12.2 Å². The fourth-order valence-corrected chi connectivity index (χ4v) is 3.22. The summed E-state index contributed by atoms with van der Waals surface area (Å²) in [6.07, 6.45) is 6.45. The fraction of sp³-hybridized carbons (Fsp3) is 0.417. The van der Waals surface area contributed by atoms with Crippen molar-refractivity contribution in [1.29, 1.82) is 0 Å². The lowest BCUT2D eigenvalue weighted by Gasteiger charge is -2.32. The molecule has 1 amide bonds. The quantitative estimate of drug-likeness (QED) is 0.627. The molecule has 0 saturated heterocycles. The number of imidazole rings is 1. The molecule has 7 nitrogen and oxygen atoms in total. The van der Waals surface area contributed by atoms with Crippen LogP contribution in [-0.2, 0) is 11.3 Å². The molecule has 31 heavy (non-hydrogen) atoms. The van der Waals surface area contributed by atoms with Crippen molar-refractivity contribution in [2.45, 2.75) is 59.7 Å². The van der Waals surface area contributed by atoms with Gasteiger partial charge < -0.3 is 14.6 Å². The van der Waals surface area contributed by atoms with E-state index in [1.165, 1.54) is 0 Å². The molecular formula is C24H31N5O2. The molecule has 0 radical (unpaired) electrons. The third kappa shape index (κ3) is 6.13. The van der Waals surface area contributed by atoms with E-state index in [-0.39, 0.29) is 11.5 Å². The van der Waals surface area contributed by atoms with Crippen molar-refractivity contribution in [3.63, 3.8) is 0 Å². The summed E-state index contributed by atoms with van der Waals surface area (Å²) < 4.78 is 7.59. The third-order valence-electron chi connectivity index (χ3n) is 4.61. The largest absolute Gasteiger partial charge is 0.444 e. The van der Waals surface area contributed by atoms with E-state index in [4.69, 9.17) is 9.72 Å². The number of alkyl carbamates (subject to hydrolysis) is 1. The summed E-state index contributed by atoms with van der Waals surface area (Å²) in [7, 11) is 0. The normalized spacial score (nSPS) is 13.0. The molecule has 0 saturated carbocycles. The van der Waals surface area contributed by atoms with Gasteiger partial charge in [0.1, 0.15) is 22.8 Å². The summed E-state index contributed by atoms with van der Waals surface area (Å²) in [6, 6.07) is 9.77. The molecule has 1 N–H and O–H groups in total. The van der Waals surface area contributed by atoms with Gasteiger partial charge in [0.15, 0.2) is 0 Å². The van der Waals surface area contributed by atoms with Crippen LogP contribution in [0.4, 0.5) is 4.79 Å². The van der Waals surface area contributed by atoms with Crippen molar-refractivity contribution in [3.05, 3.63) is 66.5 Å². The summed E-state index contributed by atoms with van der Waals surface area (Å²) in [5.41, 5.74) is 1.63. The van der Waals surface area contributed by atoms with Crippen LogP contribution in [0.25, 0.3) is 11.4 Å². The lowest BCUT2D eigenvalue weighted by Crippen LogP contribution is -2.41. The second-order valence-corrected chi connectivity index (χ2v) is 9.63. The fourth-order valence-electron chi connectivity index (χ4n) is 3.22. The second kappa shape index (κ2) is 8.88. The molecule has 0 unspecified atom stereocenters. The lowest BCUT2D eigenvalue weighted by molar-refractivity contribution is 0.0456. The van der Waals surface area contributed by atoms with Crippen LogP contribution in [0.15, 0.2) is 55.1 Å². The van der Waals surface area contributed by atoms with Crippen LogP contribution in [-0.4, -0.2) is 31.2 Å². The number of ether oxygens (including phenoxy) is 1. The highest BCUT2D eigenvalue weighted by atomic mass is 16.6. The maximum absolute atomic E-state index is 12.6. The van der Waals surface area contributed by atoms with Crippen molar-refractivity contribution in [2.24, 2.45) is 5.41 Å². The van der Waals surface area contributed by atoms with E-state index < -0.39 is 11.7 Å². The van der Waals surface area contributed by atoms with Gasteiger partial charge in [-0.1, -0.05) is 51.1 Å². The van der Waals surface area contributed by atoms with E-state index in [9.17, 15) is 4.79 Å². The first-order chi connectivity index (χ1) is 14.5. The lowest BCUT2D eigenvalue weighted by atomic mass is 9.86. The number of hydrogen-bond acceptors (Lipinski definition) is 5. The summed E-state index contributed by atoms with van der Waals surface area (Å²) in [6.45, 7) is 12.4. The predicted octanol–water partition coefficient (Wildman–Crippen LogP) is 5.00. The summed E-state index contributed by atoms with van der Waals surface area (Å²) in [5, 5.41) is 3.04. The van der Waals surface area contributed by atoms with Crippen molar-refractivity contribution >= 4 is 6.09 Å². The molecule has 3 aromatic rings. The van der Waals surface area contributed by atoms with Crippen molar-refractivity contribution < 1.29 is 9.53 Å². The molecule has 3 rings (SSSR count). The molecule has 1 aromatic carbocycles. The van der Waals surface area contributed by atoms with Gasteiger partial charge in [-0.15, -0.1) is 0 Å². The maximum Gasteiger partial charge on any atom is 0.408 e. The van der Waals surface area contributed by atoms with Crippen LogP contribution in [0.2, 0.25) is 0 Å². The highest BCUT2D eigenvalue weighted by molar-refractivity contribution is 5.68. The van der Waals surface area contributed by atoms with E-state index in [0.717, 1.165) is 11.4 Å². The van der Waals surface area contributed by atoms with E-state index in [0.29, 0.717) is 17.9 Å². The average molecular weight is 422 g/mol. The summed E-state index contributed by atoms with van der Waals surface area (Å²) >= 11 is 0. The summed E-state index contributed by atoms with van der Waals surface area (Å²) in [5.74, 6) is 0.739. The van der Waals surface area contributed by atoms with Gasteiger partial charge >= 0.3 is 6.09 Å². The standard InChI is InChI=1S/C24H31N5O2/c1-23(2,3)20(28-22(30)31-24(4,5)6)21-27-19(18-14-25-12-13-26-18)16-29(21)15-17-10-8-7-9-11-17/h7-14,16,20H,15H2,1-6H3,(H,28,30)/t20-/m0/s1. The number of amides is 1. The van der Waals surface area contributed by atoms with Gasteiger partial charge in [-0.05, 0) is 31.7 Å². The molecular weight excluding hydrogens is 390 g/mol. The zero-order chi connectivity index (χ0) is 22.6. The van der Waals surface area contributed by atoms with E-state index in [1.54, 1.807) is 18.6 Å². The Hall–Kier alpha value is -3.22. The number of nitrogens with one attached hydrogen (secondary N) is 1. The van der Waals surface area contributed by atoms with Gasteiger partial charge in [0.2, 0.25) is 0 Å². The van der Waals surface area contributed by atoms with Gasteiger partial charge in [-0.2, -0.15) is 0 Å². The van der Waals surface area contributed by atoms with Crippen molar-refractivity contribution in [1.82, 2.24) is 24.8 Å². The minimum Gasteiger partial charge on any atom is -0.444 e. The van der Waals surface area contributed by atoms with Crippen LogP contribution < -0.4 is 5.32 Å². The molecule has 7 heteroatoms. The third-order valence-corrected chi connectivity index (χ3v) is 4.61. The molecule has 164 valence electrons. The Labute approximate surface area is 183 Å². The molecule has 0 fully saturated rings. The molecule has 0 bridgehead atoms. The Morgan fingerprint density at radius 1 is 1.06 bits per heavy atom. The molecule has 2 aromatic heterocycles. The summed E-state index contributed by atoms with van der Waals surface area (Å²) in [4.78, 5) is 26.1. The molecule has 2 heterocycles. The Kier molecular flexibility index (Phi) is 6.43. The Morgan fingerprint density at radius 2 is 1.77 bits per heavy atom. The number of aromatic nitrogens is 4. The second-order valence-electron chi connectivity index (χ2n) is 9.63. The number of carbonyl (C=O) groups is 1. The van der Waals surface area contributed by atoms with Crippen LogP contribution >= 0.6 is 0 Å². The maximum atomic E-state index is 12.6. The highest BCUT2D eigenvalue weighted by Gasteiger charge is 2.33. The minimum absolute atomic E-state index is 0.309. The Bertz CT molecular complexity index is 1000. The van der Waals surface area contributed by atoms with Gasteiger partial charge in [0, 0.05) is 25.1 Å². The number of hydrogen-bond donors (Lipinski definition) is 1. The van der Waals surface area contributed by atoms with Gasteiger partial charge in [-0.3, -0.25) is 9.97 Å². The highest BCUT2D eigenvalue weighted by Crippen LogP contribution is 2.34. The first kappa shape index (κ1) is 22.5. The average Bonchev–Trinajstić information content (AvgIpc) is 3.08. The topological polar surface area (TPSA) is 81.9 Å². The minimum atomic E-state index is -0.587. The zero-order valence-corrected chi connectivity index (χ0v) is 19.1. The van der Waals surface area contributed by atoms with Crippen LogP contribution in [0, 0.1) is 5.41 Å². The van der Waals surface area contributed by atoms with E-state index >= 15 is 0 Å². The predicted molar refractivity (Wildman–Crippen MR) is 120 cm³/mol. The Balaban J connectivity index is 2.03. The first-order valence-electron chi connectivity index (χ1n) is 10.4. The first-order valence-corrected chi connectivity index (χ1v) is 10.4. The number of nitrogens with zero attached hydrogens (tertiary/aromatic N) is 4. The molecule has 0 aliphatic heterocycles. The Morgan fingerprint density at radius 3 is 2.35 bits per heavy atom. The van der Waals surface area contributed by atoms with E-state index in [2.05, 4.69) is 52.8 Å². The molecule has 0 aliphatic rings. The van der Waals surface area contributed by atoms with Crippen molar-refractivity contribution in [3.8, 4) is 11.4 Å². The number of carbonyl (C=O) groups excluding carboxylic acids is 1. The zero-order valence-electron chi connectivity index (χ0n) is 19.1. The SMILES string of the molecule is CC(C)(C)OC(=O)N[C@@H](c1nc(-c2cnccn2)cn1Cc1ccccc1)C(C)(C)C. The van der Waals surface area contributed by atoms with Crippen LogP contribution in [0.5, 0.6) is 0 Å².